The van der Waals surface area contributed by atoms with Crippen LogP contribution in [0.25, 0.3) is 0 Å². The van der Waals surface area contributed by atoms with Gasteiger partial charge in [0.15, 0.2) is 0 Å². The Labute approximate surface area is 88.3 Å². The molecule has 0 aliphatic carbocycles. The highest BCUT2D eigenvalue weighted by atomic mass is 35.5. The van der Waals surface area contributed by atoms with Crippen LogP contribution in [0.4, 0.5) is 0 Å². The van der Waals surface area contributed by atoms with Crippen LogP contribution in [0.1, 0.15) is 17.8 Å². The standard InChI is InChI=1S/C9H15ClN2S/c1-3-12(2)7(6-11)8-4-5-9(10)13-8/h4-5,7H,3,6,11H2,1-2H3. The van der Waals surface area contributed by atoms with Gasteiger partial charge >= 0.3 is 0 Å². The Morgan fingerprint density at radius 1 is 1.62 bits per heavy atom. The summed E-state index contributed by atoms with van der Waals surface area (Å²) in [4.78, 5) is 3.47. The van der Waals surface area contributed by atoms with Crippen molar-refractivity contribution in [2.24, 2.45) is 5.73 Å². The van der Waals surface area contributed by atoms with Crippen molar-refractivity contribution in [2.45, 2.75) is 13.0 Å². The Kier molecular flexibility index (Phi) is 4.19. The van der Waals surface area contributed by atoms with Gasteiger partial charge in [0.1, 0.15) is 0 Å². The van der Waals surface area contributed by atoms with Gasteiger partial charge in [0.25, 0.3) is 0 Å². The van der Waals surface area contributed by atoms with Gasteiger partial charge in [-0.2, -0.15) is 0 Å². The number of nitrogens with zero attached hydrogens (tertiary/aromatic N) is 1. The third kappa shape index (κ3) is 2.68. The van der Waals surface area contributed by atoms with Crippen LogP contribution in [0, 0.1) is 0 Å². The molecule has 0 saturated carbocycles. The van der Waals surface area contributed by atoms with Crippen molar-refractivity contribution in [1.29, 1.82) is 0 Å². The van der Waals surface area contributed by atoms with E-state index in [-0.39, 0.29) is 0 Å². The fourth-order valence-corrected chi connectivity index (χ4v) is 2.48. The highest BCUT2D eigenvalue weighted by Gasteiger charge is 2.15. The van der Waals surface area contributed by atoms with E-state index in [1.165, 1.54) is 4.88 Å². The predicted molar refractivity (Wildman–Crippen MR) is 59.4 cm³/mol. The van der Waals surface area contributed by atoms with Gasteiger partial charge in [-0.25, -0.2) is 0 Å². The molecule has 1 atom stereocenters. The third-order valence-electron chi connectivity index (χ3n) is 2.18. The summed E-state index contributed by atoms with van der Waals surface area (Å²) in [6.07, 6.45) is 0. The largest absolute Gasteiger partial charge is 0.329 e. The van der Waals surface area contributed by atoms with Gasteiger partial charge in [0.05, 0.1) is 10.4 Å². The summed E-state index contributed by atoms with van der Waals surface area (Å²) in [5.41, 5.74) is 5.71. The Morgan fingerprint density at radius 2 is 2.31 bits per heavy atom. The van der Waals surface area contributed by atoms with Crippen LogP contribution < -0.4 is 5.73 Å². The molecule has 1 aromatic rings. The Morgan fingerprint density at radius 3 is 2.69 bits per heavy atom. The average Bonchev–Trinajstić information content (AvgIpc) is 2.53. The Bertz CT molecular complexity index is 262. The van der Waals surface area contributed by atoms with Crippen molar-refractivity contribution in [3.63, 3.8) is 0 Å². The quantitative estimate of drug-likeness (QED) is 0.841. The Balaban J connectivity index is 2.77. The summed E-state index contributed by atoms with van der Waals surface area (Å²) in [5, 5.41) is 0. The molecule has 0 radical (unpaired) electrons. The second-order valence-corrected chi connectivity index (χ2v) is 4.71. The number of hydrogen-bond acceptors (Lipinski definition) is 3. The lowest BCUT2D eigenvalue weighted by atomic mass is 10.2. The van der Waals surface area contributed by atoms with Crippen LogP contribution in [0.3, 0.4) is 0 Å². The first-order valence-corrected chi connectivity index (χ1v) is 5.54. The molecular weight excluding hydrogens is 204 g/mol. The van der Waals surface area contributed by atoms with Gasteiger partial charge in [-0.1, -0.05) is 18.5 Å². The zero-order valence-electron chi connectivity index (χ0n) is 7.96. The topological polar surface area (TPSA) is 29.3 Å². The number of hydrogen-bond donors (Lipinski definition) is 1. The van der Waals surface area contributed by atoms with E-state index in [0.29, 0.717) is 12.6 Å². The molecule has 2 nitrogen and oxygen atoms in total. The molecule has 0 aliphatic heterocycles. The molecule has 74 valence electrons. The first kappa shape index (κ1) is 11.0. The molecule has 0 amide bonds. The molecular formula is C9H15ClN2S. The van der Waals surface area contributed by atoms with Crippen LogP contribution >= 0.6 is 22.9 Å². The molecule has 0 saturated heterocycles. The van der Waals surface area contributed by atoms with Gasteiger partial charge in [0, 0.05) is 11.4 Å². The van der Waals surface area contributed by atoms with E-state index in [1.54, 1.807) is 11.3 Å². The molecule has 0 fully saturated rings. The molecule has 1 aromatic heterocycles. The molecule has 2 N–H and O–H groups in total. The third-order valence-corrected chi connectivity index (χ3v) is 3.51. The minimum atomic E-state index is 0.308. The lowest BCUT2D eigenvalue weighted by molar-refractivity contribution is 0.267. The molecule has 1 unspecified atom stereocenters. The van der Waals surface area contributed by atoms with E-state index in [0.717, 1.165) is 10.9 Å². The van der Waals surface area contributed by atoms with E-state index in [2.05, 4.69) is 24.9 Å². The predicted octanol–water partition coefficient (Wildman–Crippen LogP) is 2.35. The molecule has 0 spiro atoms. The maximum Gasteiger partial charge on any atom is 0.0931 e. The zero-order chi connectivity index (χ0) is 9.84. The van der Waals surface area contributed by atoms with Crippen molar-refractivity contribution in [2.75, 3.05) is 20.1 Å². The first-order chi connectivity index (χ1) is 6.19. The summed E-state index contributed by atoms with van der Waals surface area (Å²) in [6, 6.07) is 4.28. The summed E-state index contributed by atoms with van der Waals surface area (Å²) in [6.45, 7) is 3.76. The molecule has 0 bridgehead atoms. The molecule has 1 rings (SSSR count). The minimum absolute atomic E-state index is 0.308. The Hall–Kier alpha value is -0.0900. The van der Waals surface area contributed by atoms with Crippen molar-refractivity contribution in [3.05, 3.63) is 21.3 Å². The number of thiophene rings is 1. The van der Waals surface area contributed by atoms with Gasteiger partial charge in [-0.05, 0) is 25.7 Å². The first-order valence-electron chi connectivity index (χ1n) is 4.34. The second kappa shape index (κ2) is 4.96. The SMILES string of the molecule is CCN(C)C(CN)c1ccc(Cl)s1. The minimum Gasteiger partial charge on any atom is -0.329 e. The van der Waals surface area contributed by atoms with Gasteiger partial charge in [-0.3, -0.25) is 4.90 Å². The average molecular weight is 219 g/mol. The molecule has 1 heterocycles. The normalized spacial score (nSPS) is 13.6. The van der Waals surface area contributed by atoms with Crippen LogP contribution in [0.15, 0.2) is 12.1 Å². The van der Waals surface area contributed by atoms with Crippen LogP contribution in [-0.4, -0.2) is 25.0 Å². The maximum absolute atomic E-state index is 5.87. The molecule has 13 heavy (non-hydrogen) atoms. The van der Waals surface area contributed by atoms with Crippen molar-refractivity contribution in [3.8, 4) is 0 Å². The van der Waals surface area contributed by atoms with E-state index < -0.39 is 0 Å². The van der Waals surface area contributed by atoms with Gasteiger partial charge < -0.3 is 5.73 Å². The number of halogens is 1. The summed E-state index contributed by atoms with van der Waals surface area (Å²) in [7, 11) is 2.07. The van der Waals surface area contributed by atoms with Crippen LogP contribution in [-0.2, 0) is 0 Å². The monoisotopic (exact) mass is 218 g/mol. The van der Waals surface area contributed by atoms with Crippen LogP contribution in [0.5, 0.6) is 0 Å². The fraction of sp³-hybridized carbons (Fsp3) is 0.556. The van der Waals surface area contributed by atoms with Crippen molar-refractivity contribution < 1.29 is 0 Å². The lowest BCUT2D eigenvalue weighted by Crippen LogP contribution is -2.29. The smallest absolute Gasteiger partial charge is 0.0931 e. The van der Waals surface area contributed by atoms with E-state index in [4.69, 9.17) is 17.3 Å². The zero-order valence-corrected chi connectivity index (χ0v) is 9.53. The fourth-order valence-electron chi connectivity index (χ4n) is 1.24. The van der Waals surface area contributed by atoms with Gasteiger partial charge in [-0.15, -0.1) is 11.3 Å². The highest BCUT2D eigenvalue weighted by molar-refractivity contribution is 7.16. The number of likely N-dealkylation sites (N-methyl/N-ethyl adjacent to an activating group) is 1. The molecule has 4 heteroatoms. The molecule has 0 aromatic carbocycles. The maximum atomic E-state index is 5.87. The van der Waals surface area contributed by atoms with Crippen LogP contribution in [0.2, 0.25) is 4.34 Å². The van der Waals surface area contributed by atoms with Gasteiger partial charge in [0.2, 0.25) is 0 Å². The highest BCUT2D eigenvalue weighted by Crippen LogP contribution is 2.29. The number of rotatable bonds is 4. The second-order valence-electron chi connectivity index (χ2n) is 2.97. The van der Waals surface area contributed by atoms with E-state index >= 15 is 0 Å². The van der Waals surface area contributed by atoms with E-state index in [9.17, 15) is 0 Å². The lowest BCUT2D eigenvalue weighted by Gasteiger charge is -2.24. The van der Waals surface area contributed by atoms with E-state index in [1.807, 2.05) is 6.07 Å². The number of nitrogens with two attached hydrogens (primary N) is 1. The summed E-state index contributed by atoms with van der Waals surface area (Å²) >= 11 is 7.48. The summed E-state index contributed by atoms with van der Waals surface area (Å²) < 4.78 is 0.831. The summed E-state index contributed by atoms with van der Waals surface area (Å²) in [5.74, 6) is 0. The molecule has 0 aliphatic rings. The van der Waals surface area contributed by atoms with Crippen molar-refractivity contribution in [1.82, 2.24) is 4.90 Å². The van der Waals surface area contributed by atoms with Crippen molar-refractivity contribution >= 4 is 22.9 Å².